The van der Waals surface area contributed by atoms with Crippen LogP contribution in [-0.2, 0) is 6.42 Å². The molecule has 148 valence electrons. The third-order valence-corrected chi connectivity index (χ3v) is 6.96. The lowest BCUT2D eigenvalue weighted by atomic mass is 9.96. The summed E-state index contributed by atoms with van der Waals surface area (Å²) >= 11 is 3.17. The molecule has 0 saturated heterocycles. The Balaban J connectivity index is 1.84. The maximum Gasteiger partial charge on any atom is 0.279 e. The largest absolute Gasteiger partial charge is 0.326 e. The summed E-state index contributed by atoms with van der Waals surface area (Å²) in [5.41, 5.74) is 0.266. The summed E-state index contributed by atoms with van der Waals surface area (Å²) < 4.78 is 0. The third-order valence-electron chi connectivity index (χ3n) is 5.04. The highest BCUT2D eigenvalue weighted by atomic mass is 32.1. The van der Waals surface area contributed by atoms with Crippen LogP contribution >= 0.6 is 22.7 Å². The lowest BCUT2D eigenvalue weighted by Crippen LogP contribution is -2.40. The van der Waals surface area contributed by atoms with Crippen molar-refractivity contribution in [1.29, 1.82) is 0 Å². The van der Waals surface area contributed by atoms with Crippen molar-refractivity contribution in [2.75, 3.05) is 6.54 Å². The van der Waals surface area contributed by atoms with Crippen LogP contribution in [0.1, 0.15) is 37.3 Å². The average Bonchev–Trinajstić information content (AvgIpc) is 3.38. The van der Waals surface area contributed by atoms with Gasteiger partial charge in [-0.2, -0.15) is 0 Å². The van der Waals surface area contributed by atoms with Gasteiger partial charge in [0.2, 0.25) is 0 Å². The number of nitrogens with zero attached hydrogens (tertiary/aromatic N) is 3. The predicted octanol–water partition coefficient (Wildman–Crippen LogP) is 4.72. The quantitative estimate of drug-likeness (QED) is 0.440. The second-order valence-corrected chi connectivity index (χ2v) is 8.60. The number of nitro groups is 2. The predicted molar refractivity (Wildman–Crippen MR) is 110 cm³/mol. The fourth-order valence-corrected chi connectivity index (χ4v) is 5.40. The second-order valence-electron chi connectivity index (χ2n) is 6.62. The minimum atomic E-state index is -0.715. The number of thiophene rings is 2. The smallest absolute Gasteiger partial charge is 0.279 e. The highest BCUT2D eigenvalue weighted by molar-refractivity contribution is 7.10. The first-order chi connectivity index (χ1) is 13.9. The maximum absolute atomic E-state index is 13.5. The molecule has 0 saturated carbocycles. The van der Waals surface area contributed by atoms with Gasteiger partial charge in [-0.15, -0.1) is 22.7 Å². The number of fused-ring (bicyclic) bond motifs is 1. The summed E-state index contributed by atoms with van der Waals surface area (Å²) in [7, 11) is 0. The van der Waals surface area contributed by atoms with E-state index >= 15 is 0 Å². The molecule has 2 aromatic heterocycles. The normalized spacial score (nSPS) is 15.8. The molecule has 1 aliphatic heterocycles. The van der Waals surface area contributed by atoms with E-state index in [0.29, 0.717) is 13.0 Å². The van der Waals surface area contributed by atoms with Crippen LogP contribution in [0.4, 0.5) is 11.4 Å². The van der Waals surface area contributed by atoms with E-state index in [1.807, 2.05) is 29.0 Å². The minimum absolute atomic E-state index is 0.00821. The van der Waals surface area contributed by atoms with Gasteiger partial charge in [-0.25, -0.2) is 0 Å². The Morgan fingerprint density at radius 3 is 2.59 bits per heavy atom. The number of carbonyl (C=O) groups is 1. The zero-order chi connectivity index (χ0) is 20.7. The average molecular weight is 429 g/mol. The molecule has 0 fully saturated rings. The summed E-state index contributed by atoms with van der Waals surface area (Å²) in [6.45, 7) is 1.89. The lowest BCUT2D eigenvalue weighted by Gasteiger charge is -2.35. The zero-order valence-corrected chi connectivity index (χ0v) is 16.9. The molecule has 3 heterocycles. The van der Waals surface area contributed by atoms with Crippen molar-refractivity contribution < 1.29 is 14.6 Å². The molecule has 1 aromatic carbocycles. The van der Waals surface area contributed by atoms with Crippen molar-refractivity contribution in [3.63, 3.8) is 0 Å². The highest BCUT2D eigenvalue weighted by Gasteiger charge is 2.36. The Morgan fingerprint density at radius 2 is 1.93 bits per heavy atom. The first kappa shape index (κ1) is 19.2. The van der Waals surface area contributed by atoms with E-state index in [-0.39, 0.29) is 17.2 Å². The molecule has 0 bridgehead atoms. The molecule has 4 rings (SSSR count). The molecule has 0 spiro atoms. The minimum Gasteiger partial charge on any atom is -0.326 e. The van der Waals surface area contributed by atoms with Crippen molar-refractivity contribution in [3.05, 3.63) is 87.8 Å². The van der Waals surface area contributed by atoms with Crippen LogP contribution in [0, 0.1) is 27.2 Å². The lowest BCUT2D eigenvalue weighted by molar-refractivity contribution is -0.394. The summed E-state index contributed by atoms with van der Waals surface area (Å²) in [4.78, 5) is 38.6. The molecule has 0 aliphatic carbocycles. The number of carbonyl (C=O) groups excluding carboxylic acids is 1. The van der Waals surface area contributed by atoms with Gasteiger partial charge in [0.25, 0.3) is 17.3 Å². The van der Waals surface area contributed by atoms with Gasteiger partial charge >= 0.3 is 0 Å². The first-order valence-corrected chi connectivity index (χ1v) is 10.5. The molecule has 0 radical (unpaired) electrons. The molecule has 3 aromatic rings. The van der Waals surface area contributed by atoms with Gasteiger partial charge < -0.3 is 4.90 Å². The van der Waals surface area contributed by atoms with E-state index in [1.54, 1.807) is 16.2 Å². The molecule has 1 amide bonds. The standard InChI is InChI=1S/C19H15N3O5S2/c1-11-14(9-12(21(24)25)10-15(11)22(26)27)19(23)20-6-4-16-13(5-8-29-16)18(20)17-3-2-7-28-17/h2-3,5,7-10,18H,4,6H2,1H3. The Hall–Kier alpha value is -3.11. The van der Waals surface area contributed by atoms with E-state index in [2.05, 4.69) is 0 Å². The SMILES string of the molecule is Cc1c(C(=O)N2CCc3sccc3C2c2cccs2)cc([N+](=O)[O-])cc1[N+](=O)[O-]. The maximum atomic E-state index is 13.5. The second kappa shape index (κ2) is 7.37. The molecule has 1 atom stereocenters. The molecule has 8 nitrogen and oxygen atoms in total. The fraction of sp³-hybridized carbons (Fsp3) is 0.211. The number of non-ortho nitro benzene ring substituents is 1. The summed E-state index contributed by atoms with van der Waals surface area (Å²) in [5.74, 6) is -0.440. The van der Waals surface area contributed by atoms with Crippen LogP contribution in [0.15, 0.2) is 41.1 Å². The van der Waals surface area contributed by atoms with Gasteiger partial charge in [0.1, 0.15) is 0 Å². The first-order valence-electron chi connectivity index (χ1n) is 8.72. The van der Waals surface area contributed by atoms with E-state index in [9.17, 15) is 25.0 Å². The molecule has 0 N–H and O–H groups in total. The van der Waals surface area contributed by atoms with Crippen molar-refractivity contribution in [2.24, 2.45) is 0 Å². The topological polar surface area (TPSA) is 107 Å². The summed E-state index contributed by atoms with van der Waals surface area (Å²) in [6.07, 6.45) is 0.677. The van der Waals surface area contributed by atoms with Crippen molar-refractivity contribution in [1.82, 2.24) is 4.90 Å². The molecule has 1 aliphatic rings. The number of amides is 1. The van der Waals surface area contributed by atoms with Gasteiger partial charge in [0.05, 0.1) is 27.5 Å². The Morgan fingerprint density at radius 1 is 1.14 bits per heavy atom. The number of hydrogen-bond acceptors (Lipinski definition) is 7. The number of benzene rings is 1. The Bertz CT molecular complexity index is 1120. The van der Waals surface area contributed by atoms with Crippen LogP contribution in [0.5, 0.6) is 0 Å². The molecule has 10 heteroatoms. The molecular formula is C19H15N3O5S2. The van der Waals surface area contributed by atoms with Gasteiger partial charge in [0, 0.05) is 27.9 Å². The number of nitro benzene ring substituents is 2. The van der Waals surface area contributed by atoms with Gasteiger partial charge in [0.15, 0.2) is 0 Å². The number of hydrogen-bond donors (Lipinski definition) is 0. The summed E-state index contributed by atoms with van der Waals surface area (Å²) in [6, 6.07) is 7.58. The summed E-state index contributed by atoms with van der Waals surface area (Å²) in [5, 5.41) is 26.6. The Kier molecular flexibility index (Phi) is 4.89. The van der Waals surface area contributed by atoms with Gasteiger partial charge in [-0.1, -0.05) is 6.07 Å². The molecular weight excluding hydrogens is 414 g/mol. The van der Waals surface area contributed by atoms with E-state index in [1.165, 1.54) is 23.1 Å². The van der Waals surface area contributed by atoms with Crippen molar-refractivity contribution in [2.45, 2.75) is 19.4 Å². The van der Waals surface area contributed by atoms with E-state index < -0.39 is 27.1 Å². The van der Waals surface area contributed by atoms with Crippen molar-refractivity contribution >= 4 is 40.0 Å². The zero-order valence-electron chi connectivity index (χ0n) is 15.2. The molecule has 1 unspecified atom stereocenters. The third kappa shape index (κ3) is 3.30. The highest BCUT2D eigenvalue weighted by Crippen LogP contribution is 2.41. The van der Waals surface area contributed by atoms with Crippen LogP contribution in [-0.4, -0.2) is 27.2 Å². The van der Waals surface area contributed by atoms with Crippen molar-refractivity contribution in [3.8, 4) is 0 Å². The fourth-order valence-electron chi connectivity index (χ4n) is 3.64. The van der Waals surface area contributed by atoms with E-state index in [4.69, 9.17) is 0 Å². The number of rotatable bonds is 4. The van der Waals surface area contributed by atoms with Gasteiger partial charge in [-0.05, 0) is 41.8 Å². The van der Waals surface area contributed by atoms with Crippen LogP contribution < -0.4 is 0 Å². The molecule has 29 heavy (non-hydrogen) atoms. The monoisotopic (exact) mass is 429 g/mol. The van der Waals surface area contributed by atoms with Crippen LogP contribution in [0.25, 0.3) is 0 Å². The van der Waals surface area contributed by atoms with Gasteiger partial charge in [-0.3, -0.25) is 25.0 Å². The van der Waals surface area contributed by atoms with Crippen LogP contribution in [0.2, 0.25) is 0 Å². The Labute approximate surface area is 173 Å². The van der Waals surface area contributed by atoms with E-state index in [0.717, 1.165) is 22.6 Å². The van der Waals surface area contributed by atoms with Crippen LogP contribution in [0.3, 0.4) is 0 Å².